The van der Waals surface area contributed by atoms with Gasteiger partial charge in [-0.3, -0.25) is 4.79 Å². The van der Waals surface area contributed by atoms with Crippen LogP contribution in [0.15, 0.2) is 0 Å². The maximum absolute atomic E-state index is 12.5. The molecule has 41 heavy (non-hydrogen) atoms. The summed E-state index contributed by atoms with van der Waals surface area (Å²) < 4.78 is 22.2. The van der Waals surface area contributed by atoms with E-state index in [0.29, 0.717) is 19.3 Å². The zero-order chi connectivity index (χ0) is 30.5. The minimum Gasteiger partial charge on any atom is -0.394 e. The first-order chi connectivity index (χ1) is 19.6. The van der Waals surface area contributed by atoms with Crippen LogP contribution < -0.4 is 5.32 Å². The average molecular weight is 598 g/mol. The fourth-order valence-corrected chi connectivity index (χ4v) is 4.94. The van der Waals surface area contributed by atoms with Gasteiger partial charge in [-0.25, -0.2) is 0 Å². The molecule has 2 aliphatic heterocycles. The van der Waals surface area contributed by atoms with E-state index >= 15 is 0 Å². The van der Waals surface area contributed by atoms with Crippen molar-refractivity contribution in [1.82, 2.24) is 5.32 Å². The van der Waals surface area contributed by atoms with Crippen molar-refractivity contribution in [2.24, 2.45) is 0 Å². The summed E-state index contributed by atoms with van der Waals surface area (Å²) in [5.41, 5.74) is 0. The van der Waals surface area contributed by atoms with Gasteiger partial charge in [0, 0.05) is 6.42 Å². The van der Waals surface area contributed by atoms with Crippen molar-refractivity contribution in [2.75, 3.05) is 19.8 Å². The fraction of sp³-hybridized carbons (Fsp3) is 0.963. The number of unbranched alkanes of at least 4 members (excludes halogenated alkanes) is 5. The summed E-state index contributed by atoms with van der Waals surface area (Å²) in [7, 11) is 0. The van der Waals surface area contributed by atoms with Crippen LogP contribution >= 0.6 is 0 Å². The number of hydrogen-bond acceptors (Lipinski definition) is 13. The number of aliphatic hydroxyl groups excluding tert-OH is 8. The molecule has 1 amide bonds. The molecule has 14 heteroatoms. The molecule has 2 aliphatic rings. The second kappa shape index (κ2) is 18.6. The van der Waals surface area contributed by atoms with Crippen molar-refractivity contribution in [1.29, 1.82) is 0 Å². The van der Waals surface area contributed by atoms with Crippen LogP contribution in [0.5, 0.6) is 0 Å². The average Bonchev–Trinajstić information content (AvgIpc) is 2.96. The Morgan fingerprint density at radius 1 is 0.780 bits per heavy atom. The third-order valence-corrected chi connectivity index (χ3v) is 7.57. The maximum atomic E-state index is 12.5. The quantitative estimate of drug-likeness (QED) is 0.0782. The summed E-state index contributed by atoms with van der Waals surface area (Å²) in [6.07, 6.45) is -9.62. The lowest BCUT2D eigenvalue weighted by Crippen LogP contribution is -2.65. The molecule has 0 aromatic carbocycles. The van der Waals surface area contributed by atoms with E-state index in [1.165, 1.54) is 0 Å². The second-order valence-corrected chi connectivity index (χ2v) is 10.9. The van der Waals surface area contributed by atoms with Crippen molar-refractivity contribution in [3.8, 4) is 0 Å². The van der Waals surface area contributed by atoms with E-state index in [-0.39, 0.29) is 12.5 Å². The van der Waals surface area contributed by atoms with E-state index in [0.717, 1.165) is 38.5 Å². The summed E-state index contributed by atoms with van der Waals surface area (Å²) in [4.78, 5) is 12.5. The predicted molar refractivity (Wildman–Crippen MR) is 143 cm³/mol. The number of amides is 1. The van der Waals surface area contributed by atoms with Crippen molar-refractivity contribution in [3.63, 3.8) is 0 Å². The highest BCUT2D eigenvalue weighted by molar-refractivity contribution is 5.76. The first-order valence-electron chi connectivity index (χ1n) is 14.8. The molecule has 0 aromatic heterocycles. The van der Waals surface area contributed by atoms with Crippen LogP contribution in [0.1, 0.15) is 71.6 Å². The highest BCUT2D eigenvalue weighted by Gasteiger charge is 2.50. The second-order valence-electron chi connectivity index (χ2n) is 10.9. The number of hydrogen-bond donors (Lipinski definition) is 9. The highest BCUT2D eigenvalue weighted by atomic mass is 16.7. The molecule has 0 bridgehead atoms. The van der Waals surface area contributed by atoms with Gasteiger partial charge in [0.2, 0.25) is 5.91 Å². The minimum absolute atomic E-state index is 0.240. The van der Waals surface area contributed by atoms with Crippen LogP contribution in [0.25, 0.3) is 0 Å². The molecular formula is C27H51NO13. The normalized spacial score (nSPS) is 35.7. The van der Waals surface area contributed by atoms with Crippen molar-refractivity contribution in [2.45, 2.75) is 145 Å². The smallest absolute Gasteiger partial charge is 0.220 e. The maximum Gasteiger partial charge on any atom is 0.220 e. The van der Waals surface area contributed by atoms with Gasteiger partial charge in [0.1, 0.15) is 48.8 Å². The topological polar surface area (TPSA) is 228 Å². The van der Waals surface area contributed by atoms with Gasteiger partial charge in [0.25, 0.3) is 0 Å². The van der Waals surface area contributed by atoms with Crippen LogP contribution in [-0.2, 0) is 23.7 Å². The minimum atomic E-state index is -1.77. The van der Waals surface area contributed by atoms with Crippen LogP contribution in [0.3, 0.4) is 0 Å². The first-order valence-corrected chi connectivity index (χ1v) is 14.8. The lowest BCUT2D eigenvalue weighted by molar-refractivity contribution is -0.359. The molecule has 242 valence electrons. The lowest BCUT2D eigenvalue weighted by Gasteiger charge is -2.46. The molecule has 2 saturated heterocycles. The molecule has 12 unspecified atom stereocenters. The molecular weight excluding hydrogens is 546 g/mol. The molecule has 14 nitrogen and oxygen atoms in total. The Hall–Kier alpha value is -1.01. The summed E-state index contributed by atoms with van der Waals surface area (Å²) in [5.74, 6) is -0.240. The highest BCUT2D eigenvalue weighted by Crippen LogP contribution is 2.29. The Balaban J connectivity index is 2.04. The van der Waals surface area contributed by atoms with Gasteiger partial charge in [-0.2, -0.15) is 0 Å². The molecule has 12 atom stereocenters. The van der Waals surface area contributed by atoms with Gasteiger partial charge in [-0.15, -0.1) is 0 Å². The zero-order valence-corrected chi connectivity index (χ0v) is 24.0. The molecule has 2 heterocycles. The Morgan fingerprint density at radius 3 is 2.02 bits per heavy atom. The molecule has 2 fully saturated rings. The third-order valence-electron chi connectivity index (χ3n) is 7.57. The van der Waals surface area contributed by atoms with Gasteiger partial charge in [-0.05, 0) is 12.8 Å². The van der Waals surface area contributed by atoms with E-state index in [4.69, 9.17) is 18.9 Å². The Labute approximate surface area is 241 Å². The standard InChI is InChI=1S/C27H51NO13/c1-3-5-7-9-11-19(32)28-15(16(31)10-8-6-4-2)14-38-26-24(37)22(35)25(18(13-30)40-26)41-27-23(36)21(34)20(33)17(12-29)39-27/h15-18,20-27,29-31,33-37H,3-14H2,1-2H3,(H,28,32). The molecule has 0 aromatic rings. The number of rotatable bonds is 18. The van der Waals surface area contributed by atoms with E-state index < -0.39 is 86.8 Å². The monoisotopic (exact) mass is 597 g/mol. The van der Waals surface area contributed by atoms with Gasteiger partial charge in [0.05, 0.1) is 32.0 Å². The van der Waals surface area contributed by atoms with Crippen molar-refractivity contribution in [3.05, 3.63) is 0 Å². The first kappa shape index (κ1) is 36.2. The number of carbonyl (C=O) groups excluding carboxylic acids is 1. The summed E-state index contributed by atoms with van der Waals surface area (Å²) in [6, 6.07) is -0.811. The molecule has 9 N–H and O–H groups in total. The lowest BCUT2D eigenvalue weighted by atomic mass is 9.97. The van der Waals surface area contributed by atoms with Gasteiger partial charge < -0.3 is 65.1 Å². The van der Waals surface area contributed by atoms with Crippen molar-refractivity contribution < 1.29 is 64.6 Å². The van der Waals surface area contributed by atoms with Crippen LogP contribution in [0.2, 0.25) is 0 Å². The SMILES string of the molecule is CCCCCCC(=O)NC(COC1OC(CO)C(OC2OC(CO)C(O)C(O)C2O)C(O)C1O)C(O)CCCCC. The van der Waals surface area contributed by atoms with E-state index in [1.54, 1.807) is 0 Å². The third kappa shape index (κ3) is 10.6. The van der Waals surface area contributed by atoms with E-state index in [9.17, 15) is 45.6 Å². The number of carbonyl (C=O) groups is 1. The van der Waals surface area contributed by atoms with Gasteiger partial charge in [-0.1, -0.05) is 52.4 Å². The van der Waals surface area contributed by atoms with Crippen LogP contribution in [-0.4, -0.2) is 140 Å². The summed E-state index contributed by atoms with van der Waals surface area (Å²) in [6.45, 7) is 2.45. The van der Waals surface area contributed by atoms with Crippen LogP contribution in [0.4, 0.5) is 0 Å². The Kier molecular flexibility index (Phi) is 16.4. The largest absolute Gasteiger partial charge is 0.394 e. The number of aliphatic hydroxyl groups is 8. The van der Waals surface area contributed by atoms with Gasteiger partial charge >= 0.3 is 0 Å². The summed E-state index contributed by atoms with van der Waals surface area (Å²) in [5, 5.41) is 84.7. The molecule has 0 aliphatic carbocycles. The fourth-order valence-electron chi connectivity index (χ4n) is 4.94. The molecule has 0 spiro atoms. The van der Waals surface area contributed by atoms with E-state index in [2.05, 4.69) is 12.2 Å². The molecule has 0 saturated carbocycles. The molecule has 2 rings (SSSR count). The van der Waals surface area contributed by atoms with Gasteiger partial charge in [0.15, 0.2) is 12.6 Å². The summed E-state index contributed by atoms with van der Waals surface area (Å²) >= 11 is 0. The van der Waals surface area contributed by atoms with E-state index in [1.807, 2.05) is 6.92 Å². The Morgan fingerprint density at radius 2 is 1.39 bits per heavy atom. The zero-order valence-electron chi connectivity index (χ0n) is 24.0. The predicted octanol–water partition coefficient (Wildman–Crippen LogP) is -1.98. The van der Waals surface area contributed by atoms with Crippen LogP contribution in [0, 0.1) is 0 Å². The number of ether oxygens (including phenoxy) is 4. The van der Waals surface area contributed by atoms with Crippen molar-refractivity contribution >= 4 is 5.91 Å². The molecule has 0 radical (unpaired) electrons. The Bertz CT molecular complexity index is 729. The number of nitrogens with one attached hydrogen (secondary N) is 1.